The van der Waals surface area contributed by atoms with Crippen molar-refractivity contribution in [2.45, 2.75) is 39.5 Å². The summed E-state index contributed by atoms with van der Waals surface area (Å²) in [6.45, 7) is 8.38. The second-order valence-electron chi connectivity index (χ2n) is 8.26. The van der Waals surface area contributed by atoms with E-state index in [9.17, 15) is 4.79 Å². The highest BCUT2D eigenvalue weighted by Gasteiger charge is 2.60. The molecular formula is C26H27NO. The molecule has 0 saturated heterocycles. The van der Waals surface area contributed by atoms with Gasteiger partial charge in [-0.05, 0) is 68.5 Å². The van der Waals surface area contributed by atoms with Gasteiger partial charge in [-0.2, -0.15) is 0 Å². The fourth-order valence-electron chi connectivity index (χ4n) is 4.28. The lowest BCUT2D eigenvalue weighted by Crippen LogP contribution is -2.22. The molecule has 1 aliphatic rings. The maximum Gasteiger partial charge on any atom is 0.228 e. The van der Waals surface area contributed by atoms with Gasteiger partial charge in [-0.1, -0.05) is 65.7 Å². The summed E-state index contributed by atoms with van der Waals surface area (Å²) < 4.78 is 0. The molecule has 0 aromatic heterocycles. The third-order valence-electron chi connectivity index (χ3n) is 6.12. The number of carbonyl (C=O) groups is 1. The molecule has 1 atom stereocenters. The summed E-state index contributed by atoms with van der Waals surface area (Å²) in [7, 11) is 0. The van der Waals surface area contributed by atoms with E-state index in [0.717, 1.165) is 12.1 Å². The van der Waals surface area contributed by atoms with E-state index in [0.29, 0.717) is 0 Å². The Labute approximate surface area is 167 Å². The molecular weight excluding hydrogens is 342 g/mol. The highest BCUT2D eigenvalue weighted by atomic mass is 16.2. The number of rotatable bonds is 4. The Hall–Kier alpha value is -2.87. The summed E-state index contributed by atoms with van der Waals surface area (Å²) in [5.74, 6) is 0.0453. The van der Waals surface area contributed by atoms with Crippen LogP contribution in [0.3, 0.4) is 0 Å². The van der Waals surface area contributed by atoms with Crippen LogP contribution in [0.4, 0.5) is 5.69 Å². The van der Waals surface area contributed by atoms with Crippen molar-refractivity contribution in [1.29, 1.82) is 0 Å². The van der Waals surface area contributed by atoms with Gasteiger partial charge < -0.3 is 5.32 Å². The van der Waals surface area contributed by atoms with Crippen molar-refractivity contribution < 1.29 is 4.79 Å². The highest BCUT2D eigenvalue weighted by Crippen LogP contribution is 2.59. The smallest absolute Gasteiger partial charge is 0.228 e. The zero-order valence-electron chi connectivity index (χ0n) is 17.0. The molecule has 0 heterocycles. The van der Waals surface area contributed by atoms with Crippen LogP contribution in [0.2, 0.25) is 0 Å². The van der Waals surface area contributed by atoms with Gasteiger partial charge in [0.2, 0.25) is 5.91 Å². The van der Waals surface area contributed by atoms with Gasteiger partial charge >= 0.3 is 0 Å². The Kier molecular flexibility index (Phi) is 4.58. The molecule has 3 aromatic carbocycles. The summed E-state index contributed by atoms with van der Waals surface area (Å²) in [6, 6.07) is 23.3. The number of carbonyl (C=O) groups excluding carboxylic acids is 1. The predicted octanol–water partition coefficient (Wildman–Crippen LogP) is 5.86. The Morgan fingerprint density at radius 1 is 0.821 bits per heavy atom. The zero-order valence-corrected chi connectivity index (χ0v) is 17.0. The van der Waals surface area contributed by atoms with E-state index in [1.165, 1.54) is 33.4 Å². The van der Waals surface area contributed by atoms with Crippen LogP contribution in [-0.4, -0.2) is 5.91 Å². The minimum absolute atomic E-state index is 0.0577. The lowest BCUT2D eigenvalue weighted by atomic mass is 9.84. The molecule has 142 valence electrons. The Bertz CT molecular complexity index is 1000. The minimum atomic E-state index is -0.234. The van der Waals surface area contributed by atoms with Gasteiger partial charge in [0.25, 0.3) is 0 Å². The Morgan fingerprint density at radius 2 is 1.43 bits per heavy atom. The fourth-order valence-corrected chi connectivity index (χ4v) is 4.28. The lowest BCUT2D eigenvalue weighted by Gasteiger charge is -2.20. The molecule has 1 fully saturated rings. The first-order valence-corrected chi connectivity index (χ1v) is 9.92. The number of hydrogen-bond donors (Lipinski definition) is 1. The van der Waals surface area contributed by atoms with Crippen molar-refractivity contribution in [2.24, 2.45) is 5.92 Å². The highest BCUT2D eigenvalue weighted by molar-refractivity contribution is 5.97. The van der Waals surface area contributed by atoms with Crippen molar-refractivity contribution in [3.63, 3.8) is 0 Å². The van der Waals surface area contributed by atoms with Gasteiger partial charge in [-0.3, -0.25) is 4.79 Å². The summed E-state index contributed by atoms with van der Waals surface area (Å²) >= 11 is 0. The molecule has 1 amide bonds. The van der Waals surface area contributed by atoms with Crippen molar-refractivity contribution in [3.8, 4) is 0 Å². The van der Waals surface area contributed by atoms with Crippen LogP contribution in [0.5, 0.6) is 0 Å². The normalized spacial score (nSPS) is 17.2. The number of benzene rings is 3. The molecule has 2 heteroatoms. The molecule has 0 bridgehead atoms. The number of amides is 1. The van der Waals surface area contributed by atoms with Crippen LogP contribution in [-0.2, 0) is 10.2 Å². The molecule has 1 N–H and O–H groups in total. The van der Waals surface area contributed by atoms with Gasteiger partial charge in [-0.15, -0.1) is 0 Å². The molecule has 0 aliphatic heterocycles. The first-order chi connectivity index (χ1) is 13.4. The van der Waals surface area contributed by atoms with E-state index < -0.39 is 0 Å². The molecule has 1 aliphatic carbocycles. The molecule has 0 radical (unpaired) electrons. The largest absolute Gasteiger partial charge is 0.326 e. The zero-order chi connectivity index (χ0) is 19.9. The molecule has 1 saturated carbocycles. The van der Waals surface area contributed by atoms with E-state index in [1.54, 1.807) is 0 Å². The average Bonchev–Trinajstić information content (AvgIpc) is 3.42. The van der Waals surface area contributed by atoms with Gasteiger partial charge in [0.1, 0.15) is 0 Å². The van der Waals surface area contributed by atoms with Crippen molar-refractivity contribution in [1.82, 2.24) is 0 Å². The second kappa shape index (κ2) is 6.94. The van der Waals surface area contributed by atoms with Crippen molar-refractivity contribution in [2.75, 3.05) is 5.32 Å². The predicted molar refractivity (Wildman–Crippen MR) is 116 cm³/mol. The third kappa shape index (κ3) is 3.24. The molecule has 28 heavy (non-hydrogen) atoms. The Balaban J connectivity index is 1.69. The van der Waals surface area contributed by atoms with Crippen molar-refractivity contribution >= 4 is 11.6 Å². The quantitative estimate of drug-likeness (QED) is 0.613. The molecule has 2 nitrogen and oxygen atoms in total. The standard InChI is InChI=1S/C26H27NO/c1-17-7-5-9-21(13-17)26(22-10-6-8-18(2)14-22)16-24(26)25(28)27-23-12-11-19(3)20(4)15-23/h5-15,24H,16H2,1-4H3,(H,27,28). The van der Waals surface area contributed by atoms with E-state index in [-0.39, 0.29) is 17.2 Å². The number of aryl methyl sites for hydroxylation is 4. The maximum atomic E-state index is 13.2. The van der Waals surface area contributed by atoms with Crippen LogP contribution in [0.1, 0.15) is 39.8 Å². The van der Waals surface area contributed by atoms with Gasteiger partial charge in [0.05, 0.1) is 5.92 Å². The van der Waals surface area contributed by atoms with E-state index >= 15 is 0 Å². The van der Waals surface area contributed by atoms with Gasteiger partial charge in [-0.25, -0.2) is 0 Å². The minimum Gasteiger partial charge on any atom is -0.326 e. The van der Waals surface area contributed by atoms with Gasteiger partial charge in [0, 0.05) is 11.1 Å². The number of hydrogen-bond acceptors (Lipinski definition) is 1. The molecule has 1 unspecified atom stereocenters. The summed E-state index contributed by atoms with van der Waals surface area (Å²) in [6.07, 6.45) is 0.844. The molecule has 3 aromatic rings. The van der Waals surface area contributed by atoms with Crippen LogP contribution in [0.25, 0.3) is 0 Å². The fraction of sp³-hybridized carbons (Fsp3) is 0.269. The monoisotopic (exact) mass is 369 g/mol. The average molecular weight is 370 g/mol. The van der Waals surface area contributed by atoms with Crippen LogP contribution in [0, 0.1) is 33.6 Å². The topological polar surface area (TPSA) is 29.1 Å². The summed E-state index contributed by atoms with van der Waals surface area (Å²) in [4.78, 5) is 13.2. The van der Waals surface area contributed by atoms with Crippen molar-refractivity contribution in [3.05, 3.63) is 100 Å². The summed E-state index contributed by atoms with van der Waals surface area (Å²) in [5, 5.41) is 3.16. The Morgan fingerprint density at radius 3 is 1.96 bits per heavy atom. The second-order valence-corrected chi connectivity index (χ2v) is 8.26. The molecule has 0 spiro atoms. The SMILES string of the molecule is Cc1cccc(C2(c3cccc(C)c3)CC2C(=O)Nc2ccc(C)c(C)c2)c1. The first kappa shape index (κ1) is 18.5. The van der Waals surface area contributed by atoms with Crippen LogP contribution in [0.15, 0.2) is 66.7 Å². The first-order valence-electron chi connectivity index (χ1n) is 9.92. The maximum absolute atomic E-state index is 13.2. The van der Waals surface area contributed by atoms with E-state index in [1.807, 2.05) is 6.07 Å². The number of nitrogens with one attached hydrogen (secondary N) is 1. The van der Waals surface area contributed by atoms with E-state index in [2.05, 4.69) is 93.7 Å². The van der Waals surface area contributed by atoms with Crippen LogP contribution >= 0.6 is 0 Å². The number of anilines is 1. The van der Waals surface area contributed by atoms with E-state index in [4.69, 9.17) is 0 Å². The van der Waals surface area contributed by atoms with Crippen LogP contribution < -0.4 is 5.32 Å². The third-order valence-corrected chi connectivity index (χ3v) is 6.12. The van der Waals surface area contributed by atoms with Gasteiger partial charge in [0.15, 0.2) is 0 Å². The summed E-state index contributed by atoms with van der Waals surface area (Å²) in [5.41, 5.74) is 7.99. The molecule has 4 rings (SSSR count). The lowest BCUT2D eigenvalue weighted by molar-refractivity contribution is -0.117.